The normalized spacial score (nSPS) is 12.6. The zero-order valence-corrected chi connectivity index (χ0v) is 46.3. The highest BCUT2D eigenvalue weighted by atomic mass is 16.6. The van der Waals surface area contributed by atoms with Crippen molar-refractivity contribution in [3.8, 4) is 0 Å². The molecule has 0 spiro atoms. The smallest absolute Gasteiger partial charge is 0.306 e. The van der Waals surface area contributed by atoms with Crippen LogP contribution in [0, 0.1) is 0 Å². The second-order valence-electron chi connectivity index (χ2n) is 19.9. The van der Waals surface area contributed by atoms with Crippen LogP contribution in [0.4, 0.5) is 0 Å². The van der Waals surface area contributed by atoms with Crippen LogP contribution >= 0.6 is 0 Å². The lowest BCUT2D eigenvalue weighted by molar-refractivity contribution is -0.167. The average Bonchev–Trinajstić information content (AvgIpc) is 3.36. The summed E-state index contributed by atoms with van der Waals surface area (Å²) < 4.78 is 16.9. The summed E-state index contributed by atoms with van der Waals surface area (Å²) in [5, 5.41) is 0. The van der Waals surface area contributed by atoms with Crippen LogP contribution in [0.1, 0.15) is 297 Å². The number of ether oxygens (including phenoxy) is 3. The summed E-state index contributed by atoms with van der Waals surface area (Å²) in [6, 6.07) is 0. The molecular weight excluding hydrogens is 865 g/mol. The van der Waals surface area contributed by atoms with Gasteiger partial charge in [0.15, 0.2) is 6.10 Å². The molecule has 0 rings (SSSR count). The molecule has 0 aromatic carbocycles. The fourth-order valence-electron chi connectivity index (χ4n) is 8.47. The van der Waals surface area contributed by atoms with E-state index in [9.17, 15) is 14.4 Å². The third-order valence-corrected chi connectivity index (χ3v) is 12.9. The first kappa shape index (κ1) is 66.9. The van der Waals surface area contributed by atoms with Crippen molar-refractivity contribution < 1.29 is 28.6 Å². The maximum Gasteiger partial charge on any atom is 0.306 e. The van der Waals surface area contributed by atoms with Crippen molar-refractivity contribution in [3.05, 3.63) is 72.9 Å². The summed E-state index contributed by atoms with van der Waals surface area (Å²) in [6.45, 7) is 6.52. The van der Waals surface area contributed by atoms with Crippen LogP contribution in [0.2, 0.25) is 0 Å². The number of esters is 3. The number of unbranched alkanes of at least 4 members (excludes halogenated alkanes) is 31. The van der Waals surface area contributed by atoms with Crippen molar-refractivity contribution in [2.24, 2.45) is 0 Å². The van der Waals surface area contributed by atoms with Gasteiger partial charge in [-0.25, -0.2) is 0 Å². The van der Waals surface area contributed by atoms with E-state index >= 15 is 0 Å². The van der Waals surface area contributed by atoms with E-state index in [-0.39, 0.29) is 31.1 Å². The van der Waals surface area contributed by atoms with Gasteiger partial charge in [-0.2, -0.15) is 0 Å². The summed E-state index contributed by atoms with van der Waals surface area (Å²) >= 11 is 0. The molecule has 0 saturated carbocycles. The lowest BCUT2D eigenvalue weighted by Crippen LogP contribution is -2.30. The minimum Gasteiger partial charge on any atom is -0.462 e. The van der Waals surface area contributed by atoms with Gasteiger partial charge in [0.2, 0.25) is 0 Å². The van der Waals surface area contributed by atoms with Gasteiger partial charge in [-0.05, 0) is 89.9 Å². The predicted octanol–water partition coefficient (Wildman–Crippen LogP) is 20.2. The van der Waals surface area contributed by atoms with Gasteiger partial charge in [-0.15, -0.1) is 0 Å². The molecular formula is C64H112O6. The van der Waals surface area contributed by atoms with Gasteiger partial charge in [-0.3, -0.25) is 14.4 Å². The fraction of sp³-hybridized carbons (Fsp3) is 0.766. The van der Waals surface area contributed by atoms with E-state index in [0.29, 0.717) is 19.3 Å². The Morgan fingerprint density at radius 3 is 0.886 bits per heavy atom. The molecule has 0 amide bonds. The summed E-state index contributed by atoms with van der Waals surface area (Å²) in [5.74, 6) is -0.891. The summed E-state index contributed by atoms with van der Waals surface area (Å²) in [7, 11) is 0. The van der Waals surface area contributed by atoms with E-state index in [1.807, 2.05) is 0 Å². The highest BCUT2D eigenvalue weighted by Crippen LogP contribution is 2.16. The third kappa shape index (κ3) is 55.8. The summed E-state index contributed by atoms with van der Waals surface area (Å²) in [6.07, 6.45) is 74.6. The molecule has 6 nitrogen and oxygen atoms in total. The van der Waals surface area contributed by atoms with Crippen LogP contribution in [0.15, 0.2) is 72.9 Å². The van der Waals surface area contributed by atoms with E-state index in [2.05, 4.69) is 93.7 Å². The first-order valence-corrected chi connectivity index (χ1v) is 29.9. The number of carbonyl (C=O) groups excluding carboxylic acids is 3. The van der Waals surface area contributed by atoms with Crippen molar-refractivity contribution in [1.29, 1.82) is 0 Å². The maximum absolute atomic E-state index is 12.9. The molecule has 0 heterocycles. The second-order valence-corrected chi connectivity index (χ2v) is 19.9. The van der Waals surface area contributed by atoms with E-state index in [0.717, 1.165) is 103 Å². The van der Waals surface area contributed by atoms with E-state index in [1.54, 1.807) is 0 Å². The molecule has 0 aliphatic heterocycles. The van der Waals surface area contributed by atoms with Crippen LogP contribution in [0.3, 0.4) is 0 Å². The van der Waals surface area contributed by atoms with Gasteiger partial charge in [0.25, 0.3) is 0 Å². The van der Waals surface area contributed by atoms with Crippen LogP contribution in [-0.4, -0.2) is 37.2 Å². The SMILES string of the molecule is CC/C=C\C/C=C\C/C=C\C/C=C\CCCCCCCCC(=O)OCC(COC(=O)CCCCCCCCCCCCCCCCC)OC(=O)CCCCCCCCC/C=C\C/C=C\CCCCCC. The number of allylic oxidation sites excluding steroid dienone is 12. The molecule has 0 N–H and O–H groups in total. The van der Waals surface area contributed by atoms with Gasteiger partial charge in [-0.1, -0.05) is 261 Å². The van der Waals surface area contributed by atoms with Gasteiger partial charge >= 0.3 is 17.9 Å². The van der Waals surface area contributed by atoms with Gasteiger partial charge in [0.1, 0.15) is 13.2 Å². The number of hydrogen-bond donors (Lipinski definition) is 0. The zero-order valence-electron chi connectivity index (χ0n) is 46.3. The van der Waals surface area contributed by atoms with Crippen molar-refractivity contribution in [2.45, 2.75) is 303 Å². The lowest BCUT2D eigenvalue weighted by atomic mass is 10.0. The van der Waals surface area contributed by atoms with Gasteiger partial charge in [0, 0.05) is 19.3 Å². The third-order valence-electron chi connectivity index (χ3n) is 12.9. The summed E-state index contributed by atoms with van der Waals surface area (Å²) in [4.78, 5) is 38.2. The molecule has 0 aromatic rings. The summed E-state index contributed by atoms with van der Waals surface area (Å²) in [5.41, 5.74) is 0. The number of hydrogen-bond acceptors (Lipinski definition) is 6. The highest BCUT2D eigenvalue weighted by Gasteiger charge is 2.19. The van der Waals surface area contributed by atoms with Gasteiger partial charge in [0.05, 0.1) is 0 Å². The van der Waals surface area contributed by atoms with Crippen molar-refractivity contribution >= 4 is 17.9 Å². The molecule has 1 atom stereocenters. The Morgan fingerprint density at radius 2 is 0.557 bits per heavy atom. The Kier molecular flexibility index (Phi) is 55.8. The van der Waals surface area contributed by atoms with Crippen molar-refractivity contribution in [3.63, 3.8) is 0 Å². The average molecular weight is 978 g/mol. The Hall–Kier alpha value is -3.15. The maximum atomic E-state index is 12.9. The number of rotatable bonds is 54. The Bertz CT molecular complexity index is 1310. The molecule has 0 aliphatic carbocycles. The Labute approximate surface area is 433 Å². The molecule has 0 aromatic heterocycles. The van der Waals surface area contributed by atoms with Crippen LogP contribution in [0.25, 0.3) is 0 Å². The molecule has 0 bridgehead atoms. The fourth-order valence-corrected chi connectivity index (χ4v) is 8.47. The molecule has 1 unspecified atom stereocenters. The first-order chi connectivity index (χ1) is 34.5. The van der Waals surface area contributed by atoms with E-state index in [1.165, 1.54) is 154 Å². The minimum absolute atomic E-state index is 0.0808. The van der Waals surface area contributed by atoms with E-state index < -0.39 is 6.10 Å². The molecule has 6 heteroatoms. The lowest BCUT2D eigenvalue weighted by Gasteiger charge is -2.18. The molecule has 0 fully saturated rings. The number of carbonyl (C=O) groups is 3. The van der Waals surface area contributed by atoms with Crippen molar-refractivity contribution in [1.82, 2.24) is 0 Å². The molecule has 0 radical (unpaired) electrons. The topological polar surface area (TPSA) is 78.9 Å². The molecule has 0 saturated heterocycles. The molecule has 404 valence electrons. The van der Waals surface area contributed by atoms with Crippen LogP contribution in [0.5, 0.6) is 0 Å². The Morgan fingerprint density at radius 1 is 0.300 bits per heavy atom. The Balaban J connectivity index is 4.40. The van der Waals surface area contributed by atoms with E-state index in [4.69, 9.17) is 14.2 Å². The molecule has 70 heavy (non-hydrogen) atoms. The van der Waals surface area contributed by atoms with Crippen LogP contribution in [-0.2, 0) is 28.6 Å². The van der Waals surface area contributed by atoms with Crippen molar-refractivity contribution in [2.75, 3.05) is 13.2 Å². The minimum atomic E-state index is -0.785. The monoisotopic (exact) mass is 977 g/mol. The molecule has 0 aliphatic rings. The second kappa shape index (κ2) is 58.4. The first-order valence-electron chi connectivity index (χ1n) is 29.9. The standard InChI is InChI=1S/C64H112O6/c1-4-7-10-13-16-19-22-25-28-30-32-34-36-39-42-45-48-51-54-57-63(66)69-60-61(59-68-62(65)56-53-50-47-44-41-38-35-27-24-21-18-15-12-9-6-3)70-64(67)58-55-52-49-46-43-40-37-33-31-29-26-23-20-17-14-11-8-5-2/h7,10,16,19-20,23,25,28-29,31-32,34,61H,4-6,8-9,11-15,17-18,21-22,24,26-27,30,33,35-60H2,1-3H3/b10-7-,19-16-,23-20-,28-25-,31-29-,34-32-. The quantitative estimate of drug-likeness (QED) is 0.0261. The largest absolute Gasteiger partial charge is 0.462 e. The van der Waals surface area contributed by atoms with Crippen LogP contribution < -0.4 is 0 Å². The zero-order chi connectivity index (χ0) is 50.7. The predicted molar refractivity (Wildman–Crippen MR) is 302 cm³/mol. The highest BCUT2D eigenvalue weighted by molar-refractivity contribution is 5.71. The van der Waals surface area contributed by atoms with Gasteiger partial charge < -0.3 is 14.2 Å².